The molecule has 0 spiro atoms. The summed E-state index contributed by atoms with van der Waals surface area (Å²) in [5, 5.41) is 13.7. The number of rotatable bonds is 8. The first-order chi connectivity index (χ1) is 19.3. The highest BCUT2D eigenvalue weighted by molar-refractivity contribution is 6.00. The largest absolute Gasteiger partial charge is 0.367 e. The Labute approximate surface area is 230 Å². The van der Waals surface area contributed by atoms with E-state index in [1.807, 2.05) is 12.1 Å². The van der Waals surface area contributed by atoms with Crippen molar-refractivity contribution in [1.29, 1.82) is 0 Å². The number of non-ortho nitro benzene ring substituents is 1. The first-order valence-electron chi connectivity index (χ1n) is 12.9. The molecular weight excluding hydrogens is 511 g/mol. The van der Waals surface area contributed by atoms with Crippen molar-refractivity contribution in [3.63, 3.8) is 0 Å². The van der Waals surface area contributed by atoms with Gasteiger partial charge in [0.2, 0.25) is 5.91 Å². The molecule has 0 aromatic heterocycles. The number of aryl methyl sites for hydroxylation is 1. The van der Waals surface area contributed by atoms with E-state index in [1.54, 1.807) is 60.7 Å². The number of anilines is 1. The number of carbonyl (C=O) groups excluding carboxylic acids is 2. The van der Waals surface area contributed by atoms with Crippen molar-refractivity contribution in [2.75, 3.05) is 11.4 Å². The zero-order valence-electron chi connectivity index (χ0n) is 21.6. The summed E-state index contributed by atoms with van der Waals surface area (Å²) < 4.78 is 15.7. The van der Waals surface area contributed by atoms with Gasteiger partial charge in [0.25, 0.3) is 11.6 Å². The van der Waals surface area contributed by atoms with Crippen molar-refractivity contribution in [3.05, 3.63) is 129 Å². The summed E-state index contributed by atoms with van der Waals surface area (Å²) in [4.78, 5) is 37.2. The Hall–Kier alpha value is -5.05. The van der Waals surface area contributed by atoms with Crippen LogP contribution in [0.1, 0.15) is 43.8 Å². The summed E-state index contributed by atoms with van der Waals surface area (Å²) >= 11 is 0. The maximum absolute atomic E-state index is 15.7. The molecule has 3 N–H and O–H groups in total. The second kappa shape index (κ2) is 11.4. The lowest BCUT2D eigenvalue weighted by atomic mass is 9.95. The number of nitrogens with zero attached hydrogens (tertiary/aromatic N) is 2. The molecule has 202 valence electrons. The van der Waals surface area contributed by atoms with Crippen LogP contribution in [0.15, 0.2) is 84.9 Å². The number of nitrogens with two attached hydrogens (primary N) is 1. The molecular formula is C31H27FN4O4. The van der Waals surface area contributed by atoms with Gasteiger partial charge in [0.05, 0.1) is 4.92 Å². The van der Waals surface area contributed by atoms with Crippen LogP contribution < -0.4 is 16.0 Å². The van der Waals surface area contributed by atoms with E-state index in [-0.39, 0.29) is 23.7 Å². The molecule has 9 heteroatoms. The number of amides is 2. The van der Waals surface area contributed by atoms with Crippen molar-refractivity contribution >= 4 is 23.2 Å². The number of halogens is 1. The number of primary amides is 1. The third kappa shape index (κ3) is 5.54. The van der Waals surface area contributed by atoms with Gasteiger partial charge in [0.15, 0.2) is 0 Å². The Bertz CT molecular complexity index is 1600. The Morgan fingerprint density at radius 2 is 1.73 bits per heavy atom. The number of carbonyl (C=O) groups is 2. The molecule has 0 saturated heterocycles. The van der Waals surface area contributed by atoms with E-state index in [0.29, 0.717) is 28.8 Å². The predicted octanol–water partition coefficient (Wildman–Crippen LogP) is 5.38. The molecule has 1 heterocycles. The topological polar surface area (TPSA) is 119 Å². The molecule has 1 aliphatic rings. The van der Waals surface area contributed by atoms with Crippen molar-refractivity contribution in [3.8, 4) is 11.1 Å². The third-order valence-corrected chi connectivity index (χ3v) is 7.08. The number of hydrogen-bond donors (Lipinski definition) is 2. The lowest BCUT2D eigenvalue weighted by Gasteiger charge is -2.32. The third-order valence-electron chi connectivity index (χ3n) is 7.08. The van der Waals surface area contributed by atoms with Gasteiger partial charge in [-0.1, -0.05) is 48.5 Å². The van der Waals surface area contributed by atoms with Gasteiger partial charge in [0.1, 0.15) is 5.82 Å². The molecule has 0 bridgehead atoms. The molecule has 4 aromatic carbocycles. The van der Waals surface area contributed by atoms with Crippen LogP contribution in [0.3, 0.4) is 0 Å². The van der Waals surface area contributed by atoms with E-state index >= 15 is 4.39 Å². The van der Waals surface area contributed by atoms with Gasteiger partial charge in [-0.05, 0) is 53.8 Å². The molecule has 0 unspecified atom stereocenters. The fourth-order valence-corrected chi connectivity index (χ4v) is 5.05. The lowest BCUT2D eigenvalue weighted by molar-refractivity contribution is -0.384. The highest BCUT2D eigenvalue weighted by Crippen LogP contribution is 2.32. The van der Waals surface area contributed by atoms with Crippen molar-refractivity contribution < 1.29 is 18.9 Å². The van der Waals surface area contributed by atoms with Crippen LogP contribution >= 0.6 is 0 Å². The number of hydrogen-bond acceptors (Lipinski definition) is 5. The summed E-state index contributed by atoms with van der Waals surface area (Å²) in [5.41, 5.74) is 10.3. The number of nitro groups is 1. The van der Waals surface area contributed by atoms with Crippen LogP contribution in [0, 0.1) is 15.9 Å². The fourth-order valence-electron chi connectivity index (χ4n) is 5.05. The van der Waals surface area contributed by atoms with Crippen LogP contribution in [-0.4, -0.2) is 23.3 Å². The van der Waals surface area contributed by atoms with Gasteiger partial charge in [0, 0.05) is 59.7 Å². The zero-order chi connectivity index (χ0) is 28.2. The highest BCUT2D eigenvalue weighted by Gasteiger charge is 2.22. The van der Waals surface area contributed by atoms with E-state index in [4.69, 9.17) is 5.73 Å². The molecule has 40 heavy (non-hydrogen) atoms. The van der Waals surface area contributed by atoms with Gasteiger partial charge in [-0.15, -0.1) is 0 Å². The van der Waals surface area contributed by atoms with Crippen molar-refractivity contribution in [2.45, 2.75) is 25.9 Å². The van der Waals surface area contributed by atoms with Gasteiger partial charge in [-0.25, -0.2) is 4.39 Å². The molecule has 5 rings (SSSR count). The second-order valence-corrected chi connectivity index (χ2v) is 9.66. The second-order valence-electron chi connectivity index (χ2n) is 9.66. The summed E-state index contributed by atoms with van der Waals surface area (Å²) in [5.74, 6) is -1.26. The van der Waals surface area contributed by atoms with Gasteiger partial charge in [-0.2, -0.15) is 0 Å². The molecule has 0 atom stereocenters. The first kappa shape index (κ1) is 26.6. The van der Waals surface area contributed by atoms with E-state index in [0.717, 1.165) is 36.2 Å². The molecule has 8 nitrogen and oxygen atoms in total. The number of fused-ring (bicyclic) bond motifs is 1. The average Bonchev–Trinajstić information content (AvgIpc) is 2.97. The van der Waals surface area contributed by atoms with Crippen LogP contribution in [0.4, 0.5) is 15.8 Å². The Morgan fingerprint density at radius 3 is 2.48 bits per heavy atom. The lowest BCUT2D eigenvalue weighted by Crippen LogP contribution is -2.30. The van der Waals surface area contributed by atoms with E-state index in [9.17, 15) is 19.7 Å². The average molecular weight is 539 g/mol. The van der Waals surface area contributed by atoms with Gasteiger partial charge >= 0.3 is 0 Å². The molecule has 0 aliphatic carbocycles. The summed E-state index contributed by atoms with van der Waals surface area (Å²) in [6, 6.07) is 23.4. The molecule has 0 fully saturated rings. The van der Waals surface area contributed by atoms with Crippen LogP contribution in [0.5, 0.6) is 0 Å². The Balaban J connectivity index is 1.32. The number of nitro benzene ring substituents is 1. The van der Waals surface area contributed by atoms with E-state index in [1.165, 1.54) is 12.1 Å². The van der Waals surface area contributed by atoms with E-state index < -0.39 is 16.6 Å². The minimum Gasteiger partial charge on any atom is -0.367 e. The maximum Gasteiger partial charge on any atom is 0.269 e. The minimum atomic E-state index is -0.613. The summed E-state index contributed by atoms with van der Waals surface area (Å²) in [6.45, 7) is 1.31. The first-order valence-corrected chi connectivity index (χ1v) is 12.9. The minimum absolute atomic E-state index is 0.00333. The standard InChI is InChI=1S/C31H27FN4O4/c32-29-23(5-3-9-26(29)25-7-1-2-8-27(25)30(33)37)19-35-16-4-6-21-17-22(12-15-28(21)35)31(38)34-18-20-10-13-24(14-11-20)36(39)40/h1-3,5,7-15,17H,4,6,16,18-19H2,(H2,33,37)(H,34,38). The van der Waals surface area contributed by atoms with Crippen LogP contribution in [-0.2, 0) is 19.5 Å². The molecule has 2 amide bonds. The van der Waals surface area contributed by atoms with Crippen LogP contribution in [0.25, 0.3) is 11.1 Å². The fraction of sp³-hybridized carbons (Fsp3) is 0.161. The number of benzene rings is 4. The Kier molecular flexibility index (Phi) is 7.54. The molecule has 0 radical (unpaired) electrons. The molecule has 1 aliphatic heterocycles. The Morgan fingerprint density at radius 1 is 0.975 bits per heavy atom. The van der Waals surface area contributed by atoms with E-state index in [2.05, 4.69) is 10.2 Å². The zero-order valence-corrected chi connectivity index (χ0v) is 21.6. The summed E-state index contributed by atoms with van der Waals surface area (Å²) in [6.07, 6.45) is 1.65. The highest BCUT2D eigenvalue weighted by atomic mass is 19.1. The molecule has 0 saturated carbocycles. The SMILES string of the molecule is NC(=O)c1ccccc1-c1cccc(CN2CCCc3cc(C(=O)NCc4ccc([N+](=O)[O-])cc4)ccc32)c1F. The smallest absolute Gasteiger partial charge is 0.269 e. The number of nitrogens with one attached hydrogen (secondary N) is 1. The van der Waals surface area contributed by atoms with Crippen molar-refractivity contribution in [2.24, 2.45) is 5.73 Å². The van der Waals surface area contributed by atoms with Crippen LogP contribution in [0.2, 0.25) is 0 Å². The monoisotopic (exact) mass is 538 g/mol. The summed E-state index contributed by atoms with van der Waals surface area (Å²) in [7, 11) is 0. The maximum atomic E-state index is 15.7. The van der Waals surface area contributed by atoms with Crippen molar-refractivity contribution in [1.82, 2.24) is 5.32 Å². The quantitative estimate of drug-likeness (QED) is 0.231. The van der Waals surface area contributed by atoms with Gasteiger partial charge < -0.3 is 16.0 Å². The van der Waals surface area contributed by atoms with Gasteiger partial charge in [-0.3, -0.25) is 19.7 Å². The normalized spacial score (nSPS) is 12.5. The molecule has 4 aromatic rings. The predicted molar refractivity (Wildman–Crippen MR) is 150 cm³/mol.